The number of phenols is 2. The van der Waals surface area contributed by atoms with Gasteiger partial charge in [0.05, 0.1) is 19.3 Å². The zero-order valence-electron chi connectivity index (χ0n) is 20.5. The lowest BCUT2D eigenvalue weighted by atomic mass is 9.92. The second kappa shape index (κ2) is 13.9. The van der Waals surface area contributed by atoms with E-state index in [9.17, 15) is 15.0 Å². The van der Waals surface area contributed by atoms with Gasteiger partial charge < -0.3 is 24.4 Å². The first-order valence-electron chi connectivity index (χ1n) is 11.7. The van der Waals surface area contributed by atoms with Gasteiger partial charge in [-0.2, -0.15) is 0 Å². The van der Waals surface area contributed by atoms with Crippen molar-refractivity contribution in [1.29, 1.82) is 0 Å². The molecule has 0 saturated carbocycles. The fourth-order valence-electron chi connectivity index (χ4n) is 3.78. The van der Waals surface area contributed by atoms with E-state index in [0.717, 1.165) is 16.7 Å². The van der Waals surface area contributed by atoms with Crippen molar-refractivity contribution in [2.45, 2.75) is 19.4 Å². The molecule has 36 heavy (non-hydrogen) atoms. The van der Waals surface area contributed by atoms with Gasteiger partial charge in [0.25, 0.3) is 0 Å². The zero-order valence-corrected chi connectivity index (χ0v) is 20.5. The van der Waals surface area contributed by atoms with Gasteiger partial charge in [0, 0.05) is 20.0 Å². The van der Waals surface area contributed by atoms with E-state index in [-0.39, 0.29) is 29.5 Å². The van der Waals surface area contributed by atoms with E-state index in [4.69, 9.17) is 14.2 Å². The van der Waals surface area contributed by atoms with Crippen molar-refractivity contribution in [3.63, 3.8) is 0 Å². The normalized spacial score (nSPS) is 13.2. The number of esters is 1. The number of methoxy groups -OCH3 is 1. The summed E-state index contributed by atoms with van der Waals surface area (Å²) in [6.07, 6.45) is 8.42. The molecule has 6 nitrogen and oxygen atoms in total. The third kappa shape index (κ3) is 8.73. The molecule has 6 heteroatoms. The highest BCUT2D eigenvalue weighted by Gasteiger charge is 2.23. The predicted octanol–water partition coefficient (Wildman–Crippen LogP) is 6.16. The van der Waals surface area contributed by atoms with Gasteiger partial charge in [-0.05, 0) is 59.5 Å². The monoisotopic (exact) mass is 488 g/mol. The molecule has 3 aromatic rings. The van der Waals surface area contributed by atoms with Crippen molar-refractivity contribution in [2.75, 3.05) is 20.3 Å². The third-order valence-electron chi connectivity index (χ3n) is 5.50. The Morgan fingerprint density at radius 1 is 0.833 bits per heavy atom. The molecule has 0 aliphatic rings. The number of carbonyl (C=O) groups excluding carboxylic acids is 1. The Kier molecular flexibility index (Phi) is 10.3. The van der Waals surface area contributed by atoms with Crippen LogP contribution in [0.25, 0.3) is 12.2 Å². The number of hydrogen-bond donors (Lipinski definition) is 2. The van der Waals surface area contributed by atoms with Crippen LogP contribution in [-0.4, -0.2) is 36.5 Å². The van der Waals surface area contributed by atoms with Gasteiger partial charge in [-0.1, -0.05) is 60.7 Å². The summed E-state index contributed by atoms with van der Waals surface area (Å²) in [5.74, 6) is 0.620. The van der Waals surface area contributed by atoms with E-state index < -0.39 is 0 Å². The maximum atomic E-state index is 11.1. The molecule has 0 radical (unpaired) electrons. The standard InChI is InChI=1S/C30H32O6/c1-22(31)36-29-18-10-24(11-19-29)6-4-20-35-30(25-12-16-28(33)17-13-25)26(21-34-2)7-3-5-23-8-14-27(32)15-9-23/h3-6,8-19,26,30,32-33H,7,20-21H2,1-2H3/b5-3+,6-4+. The Morgan fingerprint density at radius 3 is 1.97 bits per heavy atom. The van der Waals surface area contributed by atoms with Crippen LogP contribution < -0.4 is 4.74 Å². The highest BCUT2D eigenvalue weighted by atomic mass is 16.5. The average molecular weight is 489 g/mol. The lowest BCUT2D eigenvalue weighted by molar-refractivity contribution is -0.131. The molecule has 188 valence electrons. The van der Waals surface area contributed by atoms with Gasteiger partial charge in [0.2, 0.25) is 0 Å². The average Bonchev–Trinajstić information content (AvgIpc) is 2.86. The number of hydrogen-bond acceptors (Lipinski definition) is 6. The molecule has 0 heterocycles. The molecule has 0 saturated heterocycles. The molecule has 0 aromatic heterocycles. The van der Waals surface area contributed by atoms with Gasteiger partial charge in [-0.3, -0.25) is 4.79 Å². The molecule has 0 aliphatic carbocycles. The molecule has 0 spiro atoms. The van der Waals surface area contributed by atoms with Crippen LogP contribution in [0.1, 0.15) is 36.1 Å². The lowest BCUT2D eigenvalue weighted by Gasteiger charge is -2.26. The summed E-state index contributed by atoms with van der Waals surface area (Å²) in [5.41, 5.74) is 2.90. The van der Waals surface area contributed by atoms with Crippen LogP contribution in [0.4, 0.5) is 0 Å². The lowest BCUT2D eigenvalue weighted by Crippen LogP contribution is -2.20. The van der Waals surface area contributed by atoms with Crippen LogP contribution in [-0.2, 0) is 14.3 Å². The summed E-state index contributed by atoms with van der Waals surface area (Å²) in [4.78, 5) is 11.1. The number of aromatic hydroxyl groups is 2. The van der Waals surface area contributed by atoms with Crippen molar-refractivity contribution in [1.82, 2.24) is 0 Å². The summed E-state index contributed by atoms with van der Waals surface area (Å²) in [6, 6.07) is 21.3. The number of phenolic OH excluding ortho intramolecular Hbond substituents is 2. The van der Waals surface area contributed by atoms with Gasteiger partial charge in [0.15, 0.2) is 0 Å². The predicted molar refractivity (Wildman–Crippen MR) is 141 cm³/mol. The minimum Gasteiger partial charge on any atom is -0.508 e. The maximum absolute atomic E-state index is 11.1. The summed E-state index contributed by atoms with van der Waals surface area (Å²) in [6.45, 7) is 2.24. The largest absolute Gasteiger partial charge is 0.508 e. The van der Waals surface area contributed by atoms with Crippen LogP contribution in [0.5, 0.6) is 17.2 Å². The first-order valence-corrected chi connectivity index (χ1v) is 11.7. The number of allylic oxidation sites excluding steroid dienone is 1. The van der Waals surface area contributed by atoms with Crippen molar-refractivity contribution in [3.05, 3.63) is 102 Å². The molecule has 2 atom stereocenters. The van der Waals surface area contributed by atoms with E-state index in [0.29, 0.717) is 25.4 Å². The van der Waals surface area contributed by atoms with Gasteiger partial charge >= 0.3 is 5.97 Å². The summed E-state index contributed by atoms with van der Waals surface area (Å²) < 4.78 is 16.9. The molecular weight excluding hydrogens is 456 g/mol. The Morgan fingerprint density at radius 2 is 1.39 bits per heavy atom. The Bertz CT molecular complexity index is 1130. The van der Waals surface area contributed by atoms with Gasteiger partial charge in [-0.15, -0.1) is 0 Å². The Hall–Kier alpha value is -3.87. The van der Waals surface area contributed by atoms with E-state index in [2.05, 4.69) is 6.08 Å². The number of carbonyl (C=O) groups is 1. The molecule has 0 bridgehead atoms. The van der Waals surface area contributed by atoms with Crippen LogP contribution >= 0.6 is 0 Å². The Labute approximate surface area is 212 Å². The smallest absolute Gasteiger partial charge is 0.308 e. The van der Waals surface area contributed by atoms with Crippen LogP contribution in [0, 0.1) is 5.92 Å². The number of rotatable bonds is 12. The van der Waals surface area contributed by atoms with Crippen LogP contribution in [0.3, 0.4) is 0 Å². The third-order valence-corrected chi connectivity index (χ3v) is 5.50. The summed E-state index contributed by atoms with van der Waals surface area (Å²) >= 11 is 0. The molecule has 0 fully saturated rings. The summed E-state index contributed by atoms with van der Waals surface area (Å²) in [5, 5.41) is 19.2. The molecule has 0 amide bonds. The van der Waals surface area contributed by atoms with Crippen LogP contribution in [0.2, 0.25) is 0 Å². The van der Waals surface area contributed by atoms with Gasteiger partial charge in [0.1, 0.15) is 17.2 Å². The minimum absolute atomic E-state index is 0.0318. The van der Waals surface area contributed by atoms with E-state index in [1.807, 2.05) is 54.6 Å². The first-order chi connectivity index (χ1) is 17.4. The molecular formula is C30H32O6. The summed E-state index contributed by atoms with van der Waals surface area (Å²) in [7, 11) is 1.67. The second-order valence-electron chi connectivity index (χ2n) is 8.36. The van der Waals surface area contributed by atoms with E-state index in [1.165, 1.54) is 6.92 Å². The topological polar surface area (TPSA) is 85.2 Å². The number of ether oxygens (including phenoxy) is 3. The van der Waals surface area contributed by atoms with E-state index in [1.54, 1.807) is 43.5 Å². The highest BCUT2D eigenvalue weighted by Crippen LogP contribution is 2.31. The van der Waals surface area contributed by atoms with E-state index >= 15 is 0 Å². The maximum Gasteiger partial charge on any atom is 0.308 e. The quantitative estimate of drug-likeness (QED) is 0.235. The molecule has 3 rings (SSSR count). The molecule has 3 aromatic carbocycles. The van der Waals surface area contributed by atoms with Crippen molar-refractivity contribution in [3.8, 4) is 17.2 Å². The molecule has 2 N–H and O–H groups in total. The second-order valence-corrected chi connectivity index (χ2v) is 8.36. The van der Waals surface area contributed by atoms with Crippen molar-refractivity contribution in [2.24, 2.45) is 5.92 Å². The van der Waals surface area contributed by atoms with Crippen molar-refractivity contribution >= 4 is 18.1 Å². The number of benzene rings is 3. The first kappa shape index (κ1) is 26.7. The van der Waals surface area contributed by atoms with Crippen molar-refractivity contribution < 1.29 is 29.2 Å². The van der Waals surface area contributed by atoms with Gasteiger partial charge in [-0.25, -0.2) is 0 Å². The SMILES string of the molecule is COCC(C/C=C/c1ccc(O)cc1)C(OC/C=C/c1ccc(OC(C)=O)cc1)c1ccc(O)cc1. The zero-order chi connectivity index (χ0) is 25.8. The molecule has 0 aliphatic heterocycles. The molecule has 2 unspecified atom stereocenters. The fourth-order valence-corrected chi connectivity index (χ4v) is 3.78. The minimum atomic E-state index is -0.351. The van der Waals surface area contributed by atoms with Crippen LogP contribution in [0.15, 0.2) is 84.9 Å². The Balaban J connectivity index is 1.69. The highest BCUT2D eigenvalue weighted by molar-refractivity contribution is 5.69. The fraction of sp³-hybridized carbons (Fsp3) is 0.233.